The highest BCUT2D eigenvalue weighted by Gasteiger charge is 2.19. The molecule has 0 unspecified atom stereocenters. The highest BCUT2D eigenvalue weighted by atomic mass is 19.1. The third kappa shape index (κ3) is 4.99. The number of morpholine rings is 1. The van der Waals surface area contributed by atoms with Gasteiger partial charge in [0.05, 0.1) is 31.4 Å². The lowest BCUT2D eigenvalue weighted by atomic mass is 10.0. The molecule has 0 atom stereocenters. The number of benzene rings is 2. The molecule has 0 saturated carbocycles. The maximum Gasteiger partial charge on any atom is 0.253 e. The topological polar surface area (TPSA) is 84.2 Å². The fraction of sp³-hybridized carbons (Fsp3) is 0.360. The Morgan fingerprint density at radius 1 is 1.18 bits per heavy atom. The molecule has 3 aromatic rings. The van der Waals surface area contributed by atoms with Gasteiger partial charge in [0.1, 0.15) is 17.1 Å². The molecule has 34 heavy (non-hydrogen) atoms. The first-order valence-corrected chi connectivity index (χ1v) is 11.1. The molecule has 8 nitrogen and oxygen atoms in total. The highest BCUT2D eigenvalue weighted by molar-refractivity contribution is 5.98. The van der Waals surface area contributed by atoms with Crippen molar-refractivity contribution in [2.24, 2.45) is 0 Å². The Balaban J connectivity index is 1.71. The summed E-state index contributed by atoms with van der Waals surface area (Å²) in [5.41, 5.74) is 1.86. The van der Waals surface area contributed by atoms with Gasteiger partial charge in [-0.2, -0.15) is 0 Å². The van der Waals surface area contributed by atoms with Crippen molar-refractivity contribution in [3.63, 3.8) is 0 Å². The molecule has 0 radical (unpaired) electrons. The first-order chi connectivity index (χ1) is 16.4. The Kier molecular flexibility index (Phi) is 7.02. The standard InChI is InChI=1S/C25H28FN3O5/c1-28(2)25(31)17-12-16(6-7-27-20-14-18(26)4-5-22(20)32-3)24-19(13-17)21(30)15-23(34-24)29-8-10-33-11-9-29/h4-5,12-15,27H,6-11H2,1-3H3. The molecular weight excluding hydrogens is 441 g/mol. The van der Waals surface area contributed by atoms with Gasteiger partial charge in [0.2, 0.25) is 0 Å². The van der Waals surface area contributed by atoms with Gasteiger partial charge in [0.15, 0.2) is 11.3 Å². The number of carbonyl (C=O) groups excluding carboxylic acids is 1. The van der Waals surface area contributed by atoms with E-state index >= 15 is 0 Å². The van der Waals surface area contributed by atoms with Crippen LogP contribution in [0.1, 0.15) is 15.9 Å². The minimum Gasteiger partial charge on any atom is -0.495 e. The van der Waals surface area contributed by atoms with Crippen LogP contribution in [0.5, 0.6) is 5.75 Å². The molecule has 1 aliphatic rings. The zero-order valence-corrected chi connectivity index (χ0v) is 19.5. The molecular formula is C25H28FN3O5. The minimum absolute atomic E-state index is 0.209. The summed E-state index contributed by atoms with van der Waals surface area (Å²) in [4.78, 5) is 29.2. The second-order valence-electron chi connectivity index (χ2n) is 8.28. The lowest BCUT2D eigenvalue weighted by Crippen LogP contribution is -2.36. The average molecular weight is 470 g/mol. The van der Waals surface area contributed by atoms with Crippen LogP contribution < -0.4 is 20.4 Å². The summed E-state index contributed by atoms with van der Waals surface area (Å²) in [6.07, 6.45) is 0.431. The SMILES string of the molecule is COc1ccc(F)cc1NCCc1cc(C(=O)N(C)C)cc2c(=O)cc(N3CCOCC3)oc12. The second kappa shape index (κ2) is 10.1. The maximum absolute atomic E-state index is 13.7. The molecule has 9 heteroatoms. The summed E-state index contributed by atoms with van der Waals surface area (Å²) in [6, 6.07) is 9.05. The van der Waals surface area contributed by atoms with E-state index in [1.54, 1.807) is 32.3 Å². The Labute approximate surface area is 196 Å². The summed E-state index contributed by atoms with van der Waals surface area (Å²) in [5, 5.41) is 3.53. The van der Waals surface area contributed by atoms with E-state index in [-0.39, 0.29) is 17.2 Å². The minimum atomic E-state index is -0.381. The zero-order chi connectivity index (χ0) is 24.2. The lowest BCUT2D eigenvalue weighted by molar-refractivity contribution is 0.0827. The van der Waals surface area contributed by atoms with Crippen LogP contribution >= 0.6 is 0 Å². The normalized spacial score (nSPS) is 13.7. The molecule has 1 amide bonds. The maximum atomic E-state index is 13.7. The van der Waals surface area contributed by atoms with Crippen LogP contribution in [0.15, 0.2) is 45.6 Å². The van der Waals surface area contributed by atoms with Gasteiger partial charge in [0, 0.05) is 51.4 Å². The Hall–Kier alpha value is -3.59. The smallest absolute Gasteiger partial charge is 0.253 e. The van der Waals surface area contributed by atoms with Crippen LogP contribution in [0, 0.1) is 5.82 Å². The highest BCUT2D eigenvalue weighted by Crippen LogP contribution is 2.27. The van der Waals surface area contributed by atoms with Crippen LogP contribution in [-0.4, -0.2) is 64.9 Å². The number of anilines is 2. The van der Waals surface area contributed by atoms with E-state index in [0.717, 1.165) is 0 Å². The molecule has 1 N–H and O–H groups in total. The number of hydrogen-bond donors (Lipinski definition) is 1. The van der Waals surface area contributed by atoms with Crippen LogP contribution in [-0.2, 0) is 11.2 Å². The van der Waals surface area contributed by atoms with E-state index in [4.69, 9.17) is 13.9 Å². The van der Waals surface area contributed by atoms with Gasteiger partial charge < -0.3 is 29.0 Å². The summed E-state index contributed by atoms with van der Waals surface area (Å²) in [7, 11) is 4.84. The number of ether oxygens (including phenoxy) is 2. The molecule has 0 bridgehead atoms. The third-order valence-electron chi connectivity index (χ3n) is 5.74. The number of rotatable bonds is 7. The summed E-state index contributed by atoms with van der Waals surface area (Å²) >= 11 is 0. The van der Waals surface area contributed by atoms with Gasteiger partial charge in [-0.3, -0.25) is 9.59 Å². The Bertz CT molecular complexity index is 1250. The number of amides is 1. The average Bonchev–Trinajstić information content (AvgIpc) is 2.84. The molecule has 4 rings (SSSR count). The van der Waals surface area contributed by atoms with Crippen molar-refractivity contribution < 1.29 is 23.1 Å². The lowest BCUT2D eigenvalue weighted by Gasteiger charge is -2.27. The van der Waals surface area contributed by atoms with Crippen molar-refractivity contribution >= 4 is 28.4 Å². The predicted molar refractivity (Wildman–Crippen MR) is 129 cm³/mol. The van der Waals surface area contributed by atoms with Gasteiger partial charge in [-0.25, -0.2) is 4.39 Å². The molecule has 180 valence electrons. The molecule has 1 fully saturated rings. The quantitative estimate of drug-likeness (QED) is 0.569. The van der Waals surface area contributed by atoms with Crippen LogP contribution in [0.2, 0.25) is 0 Å². The fourth-order valence-electron chi connectivity index (χ4n) is 3.97. The molecule has 0 spiro atoms. The van der Waals surface area contributed by atoms with Crippen LogP contribution in [0.4, 0.5) is 16.0 Å². The Morgan fingerprint density at radius 3 is 2.65 bits per heavy atom. The summed E-state index contributed by atoms with van der Waals surface area (Å²) in [5.74, 6) is 0.408. The predicted octanol–water partition coefficient (Wildman–Crippen LogP) is 3.13. The van der Waals surface area contributed by atoms with Gasteiger partial charge in [-0.05, 0) is 36.2 Å². The molecule has 2 heterocycles. The number of hydrogen-bond acceptors (Lipinski definition) is 7. The van der Waals surface area contributed by atoms with Gasteiger partial charge in [-0.1, -0.05) is 0 Å². The summed E-state index contributed by atoms with van der Waals surface area (Å²) in [6.45, 7) is 2.78. The first-order valence-electron chi connectivity index (χ1n) is 11.1. The van der Waals surface area contributed by atoms with Crippen LogP contribution in [0.3, 0.4) is 0 Å². The number of nitrogens with zero attached hydrogens (tertiary/aromatic N) is 2. The number of carbonyl (C=O) groups is 1. The number of halogens is 1. The number of methoxy groups -OCH3 is 1. The first kappa shape index (κ1) is 23.6. The van der Waals surface area contributed by atoms with E-state index in [9.17, 15) is 14.0 Å². The number of fused-ring (bicyclic) bond motifs is 1. The zero-order valence-electron chi connectivity index (χ0n) is 19.5. The van der Waals surface area contributed by atoms with Gasteiger partial charge in [-0.15, -0.1) is 0 Å². The summed E-state index contributed by atoms with van der Waals surface area (Å²) < 4.78 is 30.6. The molecule has 1 aromatic heterocycles. The molecule has 1 aliphatic heterocycles. The van der Waals surface area contributed by atoms with E-state index in [0.29, 0.717) is 78.7 Å². The van der Waals surface area contributed by atoms with E-state index in [1.807, 2.05) is 4.90 Å². The van der Waals surface area contributed by atoms with Crippen molar-refractivity contribution in [1.82, 2.24) is 4.90 Å². The van der Waals surface area contributed by atoms with Gasteiger partial charge in [0.25, 0.3) is 5.91 Å². The van der Waals surface area contributed by atoms with Crippen molar-refractivity contribution in [3.8, 4) is 5.75 Å². The fourth-order valence-corrected chi connectivity index (χ4v) is 3.97. The second-order valence-corrected chi connectivity index (χ2v) is 8.28. The van der Waals surface area contributed by atoms with Crippen molar-refractivity contribution in [2.75, 3.05) is 64.3 Å². The van der Waals surface area contributed by atoms with E-state index < -0.39 is 0 Å². The molecule has 2 aromatic carbocycles. The number of nitrogens with one attached hydrogen (secondary N) is 1. The van der Waals surface area contributed by atoms with Gasteiger partial charge >= 0.3 is 0 Å². The van der Waals surface area contributed by atoms with Crippen molar-refractivity contribution in [2.45, 2.75) is 6.42 Å². The largest absolute Gasteiger partial charge is 0.495 e. The van der Waals surface area contributed by atoms with Crippen LogP contribution in [0.25, 0.3) is 11.0 Å². The monoisotopic (exact) mass is 469 g/mol. The Morgan fingerprint density at radius 2 is 1.94 bits per heavy atom. The van der Waals surface area contributed by atoms with Crippen molar-refractivity contribution in [3.05, 3.63) is 63.6 Å². The van der Waals surface area contributed by atoms with E-state index in [2.05, 4.69) is 5.32 Å². The third-order valence-corrected chi connectivity index (χ3v) is 5.74. The molecule has 1 saturated heterocycles. The van der Waals surface area contributed by atoms with E-state index in [1.165, 1.54) is 30.2 Å². The van der Waals surface area contributed by atoms with Crippen molar-refractivity contribution in [1.29, 1.82) is 0 Å². The molecule has 0 aliphatic carbocycles.